The lowest BCUT2D eigenvalue weighted by molar-refractivity contribution is 0.256. The van der Waals surface area contributed by atoms with Gasteiger partial charge in [0, 0.05) is 6.61 Å². The van der Waals surface area contributed by atoms with E-state index < -0.39 is 9.28 Å². The Kier molecular flexibility index (Phi) is 8.34. The lowest BCUT2D eigenvalue weighted by Gasteiger charge is -2.03. The molecule has 0 spiro atoms. The summed E-state index contributed by atoms with van der Waals surface area (Å²) in [6, 6.07) is 0. The van der Waals surface area contributed by atoms with Crippen molar-refractivity contribution in [3.05, 3.63) is 0 Å². The van der Waals surface area contributed by atoms with Crippen molar-refractivity contribution in [2.45, 2.75) is 45.6 Å². The summed E-state index contributed by atoms with van der Waals surface area (Å²) in [5.41, 5.74) is 0. The first-order valence-corrected chi connectivity index (χ1v) is 6.28. The standard InChI is InChI=1S/C8H19O2Si/c1-3-4-5-6-7-8-10-11(2)9/h9H,3-8H2,1-2H3. The molecule has 0 unspecified atom stereocenters. The Morgan fingerprint density at radius 2 is 1.82 bits per heavy atom. The third-order valence-electron chi connectivity index (χ3n) is 1.56. The van der Waals surface area contributed by atoms with E-state index >= 15 is 0 Å². The summed E-state index contributed by atoms with van der Waals surface area (Å²) in [4.78, 5) is 8.83. The molecule has 0 amide bonds. The molecule has 2 nitrogen and oxygen atoms in total. The summed E-state index contributed by atoms with van der Waals surface area (Å²) in [6.45, 7) is 4.69. The number of hydrogen-bond acceptors (Lipinski definition) is 2. The van der Waals surface area contributed by atoms with E-state index in [0.29, 0.717) is 0 Å². The fourth-order valence-electron chi connectivity index (χ4n) is 0.925. The third kappa shape index (κ3) is 10.1. The normalized spacial score (nSPS) is 10.9. The summed E-state index contributed by atoms with van der Waals surface area (Å²) in [7, 11) is -1.43. The predicted molar refractivity (Wildman–Crippen MR) is 48.5 cm³/mol. The van der Waals surface area contributed by atoms with Crippen LogP contribution in [0.25, 0.3) is 0 Å². The van der Waals surface area contributed by atoms with Gasteiger partial charge in [0.1, 0.15) is 0 Å². The second kappa shape index (κ2) is 8.24. The summed E-state index contributed by atoms with van der Waals surface area (Å²) in [6.07, 6.45) is 6.25. The van der Waals surface area contributed by atoms with Gasteiger partial charge >= 0.3 is 9.28 Å². The highest BCUT2D eigenvalue weighted by Gasteiger charge is 1.98. The molecule has 0 aromatic rings. The molecule has 0 bridgehead atoms. The molecule has 3 heteroatoms. The molecule has 0 rings (SSSR count). The Morgan fingerprint density at radius 3 is 2.36 bits per heavy atom. The van der Waals surface area contributed by atoms with Gasteiger partial charge in [0.15, 0.2) is 0 Å². The highest BCUT2D eigenvalue weighted by atomic mass is 28.3. The van der Waals surface area contributed by atoms with Gasteiger partial charge in [0.2, 0.25) is 0 Å². The van der Waals surface area contributed by atoms with Gasteiger partial charge in [-0.3, -0.25) is 0 Å². The van der Waals surface area contributed by atoms with E-state index in [-0.39, 0.29) is 0 Å². The molecule has 1 N–H and O–H groups in total. The topological polar surface area (TPSA) is 29.5 Å². The van der Waals surface area contributed by atoms with Crippen molar-refractivity contribution < 1.29 is 9.22 Å². The molecule has 0 fully saturated rings. The lowest BCUT2D eigenvalue weighted by atomic mass is 10.2. The van der Waals surface area contributed by atoms with Crippen molar-refractivity contribution in [3.8, 4) is 0 Å². The summed E-state index contributed by atoms with van der Waals surface area (Å²) < 4.78 is 5.08. The van der Waals surface area contributed by atoms with Crippen molar-refractivity contribution in [1.29, 1.82) is 0 Å². The largest absolute Gasteiger partial charge is 0.410 e. The number of unbranched alkanes of at least 4 members (excludes halogenated alkanes) is 4. The Morgan fingerprint density at radius 1 is 1.18 bits per heavy atom. The van der Waals surface area contributed by atoms with Crippen LogP contribution in [0, 0.1) is 0 Å². The summed E-state index contributed by atoms with van der Waals surface area (Å²) >= 11 is 0. The minimum Gasteiger partial charge on any atom is -0.410 e. The fraction of sp³-hybridized carbons (Fsp3) is 1.00. The molecule has 11 heavy (non-hydrogen) atoms. The minimum absolute atomic E-state index is 0.741. The van der Waals surface area contributed by atoms with Gasteiger partial charge in [-0.2, -0.15) is 0 Å². The average Bonchev–Trinajstić information content (AvgIpc) is 1.96. The predicted octanol–water partition coefficient (Wildman–Crippen LogP) is 2.08. The Bertz CT molecular complexity index is 76.5. The van der Waals surface area contributed by atoms with Crippen LogP contribution in [0.15, 0.2) is 0 Å². The Labute approximate surface area is 71.4 Å². The van der Waals surface area contributed by atoms with Crippen molar-refractivity contribution in [2.24, 2.45) is 0 Å². The molecule has 0 atom stereocenters. The van der Waals surface area contributed by atoms with Crippen LogP contribution in [-0.2, 0) is 4.43 Å². The number of rotatable bonds is 7. The lowest BCUT2D eigenvalue weighted by Crippen LogP contribution is -2.12. The van der Waals surface area contributed by atoms with Crippen molar-refractivity contribution in [2.75, 3.05) is 6.61 Å². The van der Waals surface area contributed by atoms with Gasteiger partial charge in [-0.1, -0.05) is 32.6 Å². The molecular weight excluding hydrogens is 156 g/mol. The van der Waals surface area contributed by atoms with E-state index in [9.17, 15) is 0 Å². The maximum Gasteiger partial charge on any atom is 0.378 e. The first-order chi connectivity index (χ1) is 5.27. The van der Waals surface area contributed by atoms with Gasteiger partial charge in [-0.15, -0.1) is 0 Å². The Balaban J connectivity index is 2.80. The van der Waals surface area contributed by atoms with E-state index in [2.05, 4.69) is 6.92 Å². The van der Waals surface area contributed by atoms with Crippen LogP contribution < -0.4 is 0 Å². The second-order valence-corrected chi connectivity index (χ2v) is 4.11. The highest BCUT2D eigenvalue weighted by Crippen LogP contribution is 2.02. The first kappa shape index (κ1) is 11.1. The minimum atomic E-state index is -1.43. The Hall–Kier alpha value is 0.137. The van der Waals surface area contributed by atoms with Crippen LogP contribution in [0.3, 0.4) is 0 Å². The first-order valence-electron chi connectivity index (χ1n) is 4.42. The van der Waals surface area contributed by atoms with Crippen LogP contribution >= 0.6 is 0 Å². The van der Waals surface area contributed by atoms with Gasteiger partial charge in [0.25, 0.3) is 0 Å². The van der Waals surface area contributed by atoms with Gasteiger partial charge in [0.05, 0.1) is 0 Å². The molecule has 0 saturated heterocycles. The van der Waals surface area contributed by atoms with Crippen molar-refractivity contribution >= 4 is 9.28 Å². The van der Waals surface area contributed by atoms with Gasteiger partial charge in [-0.05, 0) is 13.0 Å². The van der Waals surface area contributed by atoms with Gasteiger partial charge < -0.3 is 9.22 Å². The van der Waals surface area contributed by atoms with Crippen LogP contribution in [0.4, 0.5) is 0 Å². The van der Waals surface area contributed by atoms with Crippen molar-refractivity contribution in [3.63, 3.8) is 0 Å². The van der Waals surface area contributed by atoms with Crippen molar-refractivity contribution in [1.82, 2.24) is 0 Å². The quantitative estimate of drug-likeness (QED) is 0.474. The second-order valence-electron chi connectivity index (χ2n) is 2.78. The molecular formula is C8H19O2Si. The molecule has 67 valence electrons. The zero-order chi connectivity index (χ0) is 8.53. The smallest absolute Gasteiger partial charge is 0.378 e. The molecule has 0 aliphatic heterocycles. The zero-order valence-electron chi connectivity index (χ0n) is 7.60. The summed E-state index contributed by atoms with van der Waals surface area (Å²) in [5, 5.41) is 0. The van der Waals surface area contributed by atoms with Crippen LogP contribution in [-0.4, -0.2) is 20.7 Å². The molecule has 0 aromatic carbocycles. The van der Waals surface area contributed by atoms with E-state index in [0.717, 1.165) is 13.0 Å². The molecule has 0 saturated carbocycles. The van der Waals surface area contributed by atoms with Crippen LogP contribution in [0.5, 0.6) is 0 Å². The van der Waals surface area contributed by atoms with Gasteiger partial charge in [-0.25, -0.2) is 0 Å². The highest BCUT2D eigenvalue weighted by molar-refractivity contribution is 6.40. The zero-order valence-corrected chi connectivity index (χ0v) is 8.60. The molecule has 0 aliphatic rings. The van der Waals surface area contributed by atoms with E-state index in [4.69, 9.17) is 9.22 Å². The third-order valence-corrected chi connectivity index (χ3v) is 2.18. The number of hydrogen-bond donors (Lipinski definition) is 1. The fourth-order valence-corrected chi connectivity index (χ4v) is 1.37. The van der Waals surface area contributed by atoms with E-state index in [1.807, 2.05) is 0 Å². The average molecular weight is 175 g/mol. The maximum absolute atomic E-state index is 8.83. The summed E-state index contributed by atoms with van der Waals surface area (Å²) in [5.74, 6) is 0. The molecule has 0 aliphatic carbocycles. The maximum atomic E-state index is 8.83. The van der Waals surface area contributed by atoms with E-state index in [1.165, 1.54) is 25.7 Å². The monoisotopic (exact) mass is 175 g/mol. The van der Waals surface area contributed by atoms with Crippen LogP contribution in [0.2, 0.25) is 6.55 Å². The van der Waals surface area contributed by atoms with E-state index in [1.54, 1.807) is 6.55 Å². The SMILES string of the molecule is CCCCCCCO[Si](C)O. The van der Waals surface area contributed by atoms with Crippen LogP contribution in [0.1, 0.15) is 39.0 Å². The molecule has 0 aromatic heterocycles. The molecule has 0 heterocycles. The molecule has 1 radical (unpaired) electrons.